The molecular weight excluding hydrogens is 112 g/mol. The number of aliphatic imine (C=N–C) groups is 1. The summed E-state index contributed by atoms with van der Waals surface area (Å²) in [4.78, 5) is 4.03. The molecule has 0 atom stereocenters. The molecule has 0 aliphatic heterocycles. The second-order valence-corrected chi connectivity index (χ2v) is 1.66. The minimum atomic E-state index is 0.664. The van der Waals surface area contributed by atoms with E-state index < -0.39 is 0 Å². The van der Waals surface area contributed by atoms with E-state index in [4.69, 9.17) is 5.41 Å². The Bertz CT molecular complexity index is 115. The fourth-order valence-electron chi connectivity index (χ4n) is 0.410. The third kappa shape index (κ3) is 3.64. The molecule has 2 heteroatoms. The summed E-state index contributed by atoms with van der Waals surface area (Å²) in [5, 5.41) is 6.81. The first-order valence-electron chi connectivity index (χ1n) is 3.02. The second kappa shape index (κ2) is 5.22. The number of allylic oxidation sites excluding steroid dienone is 1. The summed E-state index contributed by atoms with van der Waals surface area (Å²) in [6.07, 6.45) is 3.82. The zero-order valence-corrected chi connectivity index (χ0v) is 5.72. The molecule has 0 aromatic carbocycles. The molecule has 0 saturated heterocycles. The maximum Gasteiger partial charge on any atom is 0.0743 e. The van der Waals surface area contributed by atoms with Crippen LogP contribution in [0.25, 0.3) is 0 Å². The van der Waals surface area contributed by atoms with Crippen molar-refractivity contribution in [2.24, 2.45) is 4.99 Å². The summed E-state index contributed by atoms with van der Waals surface area (Å²) in [5.41, 5.74) is 0.664. The summed E-state index contributed by atoms with van der Waals surface area (Å²) < 4.78 is 0. The van der Waals surface area contributed by atoms with Crippen LogP contribution in [0.4, 0.5) is 0 Å². The number of hydrogen-bond acceptors (Lipinski definition) is 2. The van der Waals surface area contributed by atoms with E-state index in [1.54, 1.807) is 6.08 Å². The maximum atomic E-state index is 6.81. The Labute approximate surface area is 55.8 Å². The average molecular weight is 124 g/mol. The minimum absolute atomic E-state index is 0.664. The van der Waals surface area contributed by atoms with Crippen LogP contribution in [-0.4, -0.2) is 18.5 Å². The maximum absolute atomic E-state index is 6.81. The van der Waals surface area contributed by atoms with Crippen LogP contribution in [0.2, 0.25) is 0 Å². The van der Waals surface area contributed by atoms with E-state index >= 15 is 0 Å². The lowest BCUT2D eigenvalue weighted by Crippen LogP contribution is -1.94. The molecule has 0 aliphatic carbocycles. The zero-order valence-electron chi connectivity index (χ0n) is 5.72. The summed E-state index contributed by atoms with van der Waals surface area (Å²) in [5.74, 6) is 0. The Balaban J connectivity index is 3.75. The van der Waals surface area contributed by atoms with Gasteiger partial charge in [0.25, 0.3) is 0 Å². The number of nitrogens with one attached hydrogen (secondary N) is 1. The van der Waals surface area contributed by atoms with E-state index in [2.05, 4.69) is 11.6 Å². The standard InChI is InChI=1S/C7H12N2/c1-3-5-9-7(4-2)6-8/h4,6,8H,2-3,5H2,1H3/b8-6?,9-7-. The monoisotopic (exact) mass is 124 g/mol. The zero-order chi connectivity index (χ0) is 7.11. The SMILES string of the molecule is C=C/C(C=N)=N/CCC. The predicted octanol–water partition coefficient (Wildman–Crippen LogP) is 1.67. The van der Waals surface area contributed by atoms with E-state index in [9.17, 15) is 0 Å². The van der Waals surface area contributed by atoms with Crippen LogP contribution in [0.1, 0.15) is 13.3 Å². The highest BCUT2D eigenvalue weighted by atomic mass is 14.7. The van der Waals surface area contributed by atoms with E-state index in [1.807, 2.05) is 6.92 Å². The Kier molecular flexibility index (Phi) is 4.69. The van der Waals surface area contributed by atoms with Gasteiger partial charge >= 0.3 is 0 Å². The third-order valence-electron chi connectivity index (χ3n) is 0.875. The van der Waals surface area contributed by atoms with Crippen molar-refractivity contribution >= 4 is 11.9 Å². The van der Waals surface area contributed by atoms with Gasteiger partial charge < -0.3 is 5.41 Å². The quantitative estimate of drug-likeness (QED) is 0.553. The Hall–Kier alpha value is -0.920. The van der Waals surface area contributed by atoms with Crippen LogP contribution in [0.15, 0.2) is 17.6 Å². The van der Waals surface area contributed by atoms with Gasteiger partial charge in [0.05, 0.1) is 5.71 Å². The molecule has 0 radical (unpaired) electrons. The molecule has 0 bridgehead atoms. The van der Waals surface area contributed by atoms with Crippen molar-refractivity contribution in [3.8, 4) is 0 Å². The van der Waals surface area contributed by atoms with Gasteiger partial charge in [-0.3, -0.25) is 4.99 Å². The Morgan fingerprint density at radius 1 is 1.78 bits per heavy atom. The molecule has 50 valence electrons. The number of hydrogen-bond donors (Lipinski definition) is 1. The van der Waals surface area contributed by atoms with Crippen LogP contribution in [0.5, 0.6) is 0 Å². The first kappa shape index (κ1) is 8.08. The molecule has 2 nitrogen and oxygen atoms in total. The van der Waals surface area contributed by atoms with Crippen molar-refractivity contribution in [2.45, 2.75) is 13.3 Å². The van der Waals surface area contributed by atoms with Crippen LogP contribution in [-0.2, 0) is 0 Å². The van der Waals surface area contributed by atoms with Crippen LogP contribution < -0.4 is 0 Å². The fraction of sp³-hybridized carbons (Fsp3) is 0.429. The van der Waals surface area contributed by atoms with Crippen molar-refractivity contribution < 1.29 is 0 Å². The molecule has 0 fully saturated rings. The van der Waals surface area contributed by atoms with Gasteiger partial charge in [0.2, 0.25) is 0 Å². The van der Waals surface area contributed by atoms with Gasteiger partial charge in [0, 0.05) is 12.8 Å². The van der Waals surface area contributed by atoms with E-state index in [0.29, 0.717) is 5.71 Å². The van der Waals surface area contributed by atoms with Gasteiger partial charge in [-0.25, -0.2) is 0 Å². The molecule has 0 spiro atoms. The van der Waals surface area contributed by atoms with E-state index in [0.717, 1.165) is 13.0 Å². The highest BCUT2D eigenvalue weighted by molar-refractivity contribution is 6.34. The van der Waals surface area contributed by atoms with Gasteiger partial charge in [-0.1, -0.05) is 13.5 Å². The molecular formula is C7H12N2. The van der Waals surface area contributed by atoms with Crippen molar-refractivity contribution in [1.82, 2.24) is 0 Å². The molecule has 0 unspecified atom stereocenters. The lowest BCUT2D eigenvalue weighted by atomic mass is 10.4. The first-order chi connectivity index (χ1) is 4.35. The molecule has 0 aromatic rings. The molecule has 0 heterocycles. The molecule has 0 aliphatic rings. The van der Waals surface area contributed by atoms with E-state index in [1.165, 1.54) is 6.21 Å². The highest BCUT2D eigenvalue weighted by Crippen LogP contribution is 1.80. The average Bonchev–Trinajstić information content (AvgIpc) is 1.91. The number of rotatable bonds is 4. The highest BCUT2D eigenvalue weighted by Gasteiger charge is 1.81. The summed E-state index contributed by atoms with van der Waals surface area (Å²) in [6.45, 7) is 6.34. The first-order valence-corrected chi connectivity index (χ1v) is 3.02. The van der Waals surface area contributed by atoms with Gasteiger partial charge in [0.15, 0.2) is 0 Å². The van der Waals surface area contributed by atoms with E-state index in [-0.39, 0.29) is 0 Å². The normalized spacial score (nSPS) is 11.0. The smallest absolute Gasteiger partial charge is 0.0743 e. The molecule has 0 aromatic heterocycles. The largest absolute Gasteiger partial charge is 0.307 e. The van der Waals surface area contributed by atoms with Crippen molar-refractivity contribution in [1.29, 1.82) is 5.41 Å². The van der Waals surface area contributed by atoms with Gasteiger partial charge in [-0.2, -0.15) is 0 Å². The van der Waals surface area contributed by atoms with Crippen molar-refractivity contribution in [2.75, 3.05) is 6.54 Å². The van der Waals surface area contributed by atoms with Crippen LogP contribution in [0.3, 0.4) is 0 Å². The minimum Gasteiger partial charge on any atom is -0.307 e. The molecule has 0 rings (SSSR count). The Morgan fingerprint density at radius 2 is 2.44 bits per heavy atom. The summed E-state index contributed by atoms with van der Waals surface area (Å²) in [7, 11) is 0. The summed E-state index contributed by atoms with van der Waals surface area (Å²) in [6, 6.07) is 0. The lowest BCUT2D eigenvalue weighted by molar-refractivity contribution is 0.935. The van der Waals surface area contributed by atoms with Gasteiger partial charge in [-0.15, -0.1) is 0 Å². The predicted molar refractivity (Wildman–Crippen MR) is 41.6 cm³/mol. The molecule has 0 saturated carbocycles. The second-order valence-electron chi connectivity index (χ2n) is 1.66. The summed E-state index contributed by atoms with van der Waals surface area (Å²) >= 11 is 0. The third-order valence-corrected chi connectivity index (χ3v) is 0.875. The topological polar surface area (TPSA) is 36.2 Å². The molecule has 0 amide bonds. The van der Waals surface area contributed by atoms with Gasteiger partial charge in [-0.05, 0) is 12.5 Å². The molecule has 1 N–H and O–H groups in total. The molecule has 9 heavy (non-hydrogen) atoms. The Morgan fingerprint density at radius 3 is 2.78 bits per heavy atom. The van der Waals surface area contributed by atoms with Crippen molar-refractivity contribution in [3.05, 3.63) is 12.7 Å². The van der Waals surface area contributed by atoms with Crippen LogP contribution >= 0.6 is 0 Å². The van der Waals surface area contributed by atoms with Crippen molar-refractivity contribution in [3.63, 3.8) is 0 Å². The fourth-order valence-corrected chi connectivity index (χ4v) is 0.410. The number of nitrogens with zero attached hydrogens (tertiary/aromatic N) is 1. The van der Waals surface area contributed by atoms with Gasteiger partial charge in [0.1, 0.15) is 0 Å². The van der Waals surface area contributed by atoms with Crippen LogP contribution in [0, 0.1) is 5.41 Å². The lowest BCUT2D eigenvalue weighted by Gasteiger charge is -1.88.